The highest BCUT2D eigenvalue weighted by Crippen LogP contribution is 2.27. The van der Waals surface area contributed by atoms with Crippen LogP contribution in [0.4, 0.5) is 4.39 Å². The molecule has 0 aliphatic heterocycles. The van der Waals surface area contributed by atoms with Crippen LogP contribution in [-0.4, -0.2) is 0 Å². The van der Waals surface area contributed by atoms with Crippen LogP contribution in [0.5, 0.6) is 11.5 Å². The predicted molar refractivity (Wildman–Crippen MR) is 70.3 cm³/mol. The van der Waals surface area contributed by atoms with Gasteiger partial charge >= 0.3 is 0 Å². The van der Waals surface area contributed by atoms with Crippen LogP contribution in [0.15, 0.2) is 36.4 Å². The Balaban J connectivity index is 2.34. The zero-order chi connectivity index (χ0) is 13.1. The van der Waals surface area contributed by atoms with Crippen LogP contribution in [0.25, 0.3) is 0 Å². The molecule has 0 aliphatic rings. The van der Waals surface area contributed by atoms with Gasteiger partial charge in [-0.1, -0.05) is 12.1 Å². The minimum absolute atomic E-state index is 0.293. The van der Waals surface area contributed by atoms with E-state index in [1.165, 1.54) is 12.1 Å². The second-order valence-electron chi connectivity index (χ2n) is 4.30. The van der Waals surface area contributed by atoms with Crippen molar-refractivity contribution in [3.63, 3.8) is 0 Å². The molecule has 0 heterocycles. The molecule has 0 spiro atoms. The van der Waals surface area contributed by atoms with E-state index < -0.39 is 0 Å². The minimum Gasteiger partial charge on any atom is -0.457 e. The van der Waals surface area contributed by atoms with Crippen molar-refractivity contribution >= 4 is 0 Å². The van der Waals surface area contributed by atoms with Gasteiger partial charge in [0.15, 0.2) is 0 Å². The minimum atomic E-state index is -0.335. The Bertz CT molecular complexity index is 566. The molecule has 0 saturated heterocycles. The summed E-state index contributed by atoms with van der Waals surface area (Å²) < 4.78 is 19.1. The summed E-state index contributed by atoms with van der Waals surface area (Å²) in [4.78, 5) is 0. The predicted octanol–water partition coefficient (Wildman–Crippen LogP) is 3.69. The maximum absolute atomic E-state index is 13.4. The van der Waals surface area contributed by atoms with Crippen molar-refractivity contribution in [3.05, 3.63) is 58.9 Å². The van der Waals surface area contributed by atoms with Gasteiger partial charge in [-0.15, -0.1) is 0 Å². The first-order chi connectivity index (χ1) is 8.60. The van der Waals surface area contributed by atoms with Gasteiger partial charge < -0.3 is 10.5 Å². The third-order valence-corrected chi connectivity index (χ3v) is 2.95. The van der Waals surface area contributed by atoms with Crippen LogP contribution >= 0.6 is 0 Å². The molecule has 0 saturated carbocycles. The molecule has 2 nitrogen and oxygen atoms in total. The van der Waals surface area contributed by atoms with Crippen molar-refractivity contribution in [2.75, 3.05) is 0 Å². The summed E-state index contributed by atoms with van der Waals surface area (Å²) in [5.41, 5.74) is 8.42. The van der Waals surface area contributed by atoms with Gasteiger partial charge in [0.1, 0.15) is 17.3 Å². The Morgan fingerprint density at radius 3 is 2.67 bits per heavy atom. The first kappa shape index (κ1) is 12.6. The van der Waals surface area contributed by atoms with E-state index in [1.54, 1.807) is 6.07 Å². The summed E-state index contributed by atoms with van der Waals surface area (Å²) in [6.45, 7) is 4.29. The second-order valence-corrected chi connectivity index (χ2v) is 4.30. The SMILES string of the molecule is Cc1cccc(Oc2cc(F)cc(CN)c2)c1C. The lowest BCUT2D eigenvalue weighted by atomic mass is 10.1. The summed E-state index contributed by atoms with van der Waals surface area (Å²) in [5, 5.41) is 0. The van der Waals surface area contributed by atoms with Crippen LogP contribution in [0.1, 0.15) is 16.7 Å². The van der Waals surface area contributed by atoms with E-state index in [9.17, 15) is 4.39 Å². The maximum atomic E-state index is 13.4. The lowest BCUT2D eigenvalue weighted by Gasteiger charge is -2.11. The highest BCUT2D eigenvalue weighted by Gasteiger charge is 2.05. The molecule has 0 atom stereocenters. The zero-order valence-corrected chi connectivity index (χ0v) is 10.5. The molecule has 2 aromatic carbocycles. The van der Waals surface area contributed by atoms with Crippen LogP contribution in [0.2, 0.25) is 0 Å². The van der Waals surface area contributed by atoms with Crippen molar-refractivity contribution < 1.29 is 9.13 Å². The highest BCUT2D eigenvalue weighted by molar-refractivity contribution is 5.42. The molecule has 2 aromatic rings. The molecular formula is C15H16FNO. The number of aryl methyl sites for hydroxylation is 1. The number of ether oxygens (including phenoxy) is 1. The lowest BCUT2D eigenvalue weighted by Crippen LogP contribution is -1.98. The maximum Gasteiger partial charge on any atom is 0.130 e. The lowest BCUT2D eigenvalue weighted by molar-refractivity contribution is 0.471. The van der Waals surface area contributed by atoms with Gasteiger partial charge in [0.25, 0.3) is 0 Å². The number of hydrogen-bond donors (Lipinski definition) is 1. The smallest absolute Gasteiger partial charge is 0.130 e. The Kier molecular flexibility index (Phi) is 3.63. The topological polar surface area (TPSA) is 35.2 Å². The average molecular weight is 245 g/mol. The van der Waals surface area contributed by atoms with Crippen molar-refractivity contribution in [2.24, 2.45) is 5.73 Å². The number of rotatable bonds is 3. The van der Waals surface area contributed by atoms with Crippen molar-refractivity contribution in [2.45, 2.75) is 20.4 Å². The second kappa shape index (κ2) is 5.19. The van der Waals surface area contributed by atoms with E-state index in [1.807, 2.05) is 32.0 Å². The molecule has 0 unspecified atom stereocenters. The van der Waals surface area contributed by atoms with Gasteiger partial charge in [-0.2, -0.15) is 0 Å². The quantitative estimate of drug-likeness (QED) is 0.895. The summed E-state index contributed by atoms with van der Waals surface area (Å²) in [5.74, 6) is 0.881. The fourth-order valence-electron chi connectivity index (χ4n) is 1.76. The Morgan fingerprint density at radius 1 is 1.17 bits per heavy atom. The van der Waals surface area contributed by atoms with E-state index >= 15 is 0 Å². The van der Waals surface area contributed by atoms with Gasteiger partial charge in [-0.3, -0.25) is 0 Å². The van der Waals surface area contributed by atoms with Crippen LogP contribution in [0, 0.1) is 19.7 Å². The third-order valence-electron chi connectivity index (χ3n) is 2.95. The molecule has 2 rings (SSSR count). The Labute approximate surface area is 106 Å². The van der Waals surface area contributed by atoms with E-state index in [0.717, 1.165) is 22.4 Å². The Hall–Kier alpha value is -1.87. The standard InChI is InChI=1S/C15H16FNO/c1-10-4-3-5-15(11(10)2)18-14-7-12(9-17)6-13(16)8-14/h3-8H,9,17H2,1-2H3. The number of nitrogens with two attached hydrogens (primary N) is 1. The van der Waals surface area contributed by atoms with E-state index in [2.05, 4.69) is 0 Å². The van der Waals surface area contributed by atoms with Gasteiger partial charge in [-0.05, 0) is 48.7 Å². The van der Waals surface area contributed by atoms with Crippen LogP contribution in [-0.2, 0) is 6.54 Å². The van der Waals surface area contributed by atoms with Crippen LogP contribution in [0.3, 0.4) is 0 Å². The molecule has 3 heteroatoms. The number of halogens is 1. The fourth-order valence-corrected chi connectivity index (χ4v) is 1.76. The molecule has 18 heavy (non-hydrogen) atoms. The molecule has 94 valence electrons. The summed E-state index contributed by atoms with van der Waals surface area (Å²) in [7, 11) is 0. The third kappa shape index (κ3) is 2.68. The molecule has 0 aromatic heterocycles. The van der Waals surface area contributed by atoms with E-state index in [0.29, 0.717) is 12.3 Å². The largest absolute Gasteiger partial charge is 0.457 e. The van der Waals surface area contributed by atoms with Gasteiger partial charge in [0.05, 0.1) is 0 Å². The molecule has 2 N–H and O–H groups in total. The molecular weight excluding hydrogens is 229 g/mol. The first-order valence-corrected chi connectivity index (χ1v) is 5.84. The average Bonchev–Trinajstić information content (AvgIpc) is 2.34. The van der Waals surface area contributed by atoms with Crippen molar-refractivity contribution in [1.29, 1.82) is 0 Å². The molecule has 0 fully saturated rings. The zero-order valence-electron chi connectivity index (χ0n) is 10.5. The molecule has 0 aliphatic carbocycles. The summed E-state index contributed by atoms with van der Waals surface area (Å²) in [6.07, 6.45) is 0. The highest BCUT2D eigenvalue weighted by atomic mass is 19.1. The molecule has 0 bridgehead atoms. The Morgan fingerprint density at radius 2 is 1.94 bits per heavy atom. The monoisotopic (exact) mass is 245 g/mol. The van der Waals surface area contributed by atoms with Gasteiger partial charge in [-0.25, -0.2) is 4.39 Å². The molecule has 0 radical (unpaired) electrons. The number of benzene rings is 2. The summed E-state index contributed by atoms with van der Waals surface area (Å²) in [6, 6.07) is 10.3. The summed E-state index contributed by atoms with van der Waals surface area (Å²) >= 11 is 0. The normalized spacial score (nSPS) is 10.4. The van der Waals surface area contributed by atoms with Gasteiger partial charge in [0.2, 0.25) is 0 Å². The number of hydrogen-bond acceptors (Lipinski definition) is 2. The molecule has 0 amide bonds. The van der Waals surface area contributed by atoms with Crippen molar-refractivity contribution in [1.82, 2.24) is 0 Å². The van der Waals surface area contributed by atoms with E-state index in [-0.39, 0.29) is 5.82 Å². The van der Waals surface area contributed by atoms with Crippen LogP contribution < -0.4 is 10.5 Å². The van der Waals surface area contributed by atoms with E-state index in [4.69, 9.17) is 10.5 Å². The van der Waals surface area contributed by atoms with Crippen molar-refractivity contribution in [3.8, 4) is 11.5 Å². The fraction of sp³-hybridized carbons (Fsp3) is 0.200. The van der Waals surface area contributed by atoms with Gasteiger partial charge in [0, 0.05) is 12.6 Å². The first-order valence-electron chi connectivity index (χ1n) is 5.84.